The van der Waals surface area contributed by atoms with E-state index >= 15 is 0 Å². The van der Waals surface area contributed by atoms with Crippen LogP contribution in [0, 0.1) is 10.1 Å². The summed E-state index contributed by atoms with van der Waals surface area (Å²) in [4.78, 5) is 21.6. The predicted octanol–water partition coefficient (Wildman–Crippen LogP) is 1.95. The molecule has 3 aliphatic rings. The van der Waals surface area contributed by atoms with Gasteiger partial charge in [-0.1, -0.05) is 18.2 Å². The van der Waals surface area contributed by atoms with Crippen LogP contribution >= 0.6 is 24.2 Å². The summed E-state index contributed by atoms with van der Waals surface area (Å²) in [5.41, 5.74) is 0. The molecule has 0 aromatic heterocycles. The summed E-state index contributed by atoms with van der Waals surface area (Å²) in [5.74, 6) is 1.14. The first-order chi connectivity index (χ1) is 13.7. The molecule has 0 bridgehead atoms. The highest BCUT2D eigenvalue weighted by Crippen LogP contribution is 2.32. The van der Waals surface area contributed by atoms with Gasteiger partial charge in [0, 0.05) is 31.1 Å². The quantitative estimate of drug-likeness (QED) is 0.260. The van der Waals surface area contributed by atoms with Crippen molar-refractivity contribution in [1.29, 1.82) is 0 Å². The number of piperazine rings is 1. The summed E-state index contributed by atoms with van der Waals surface area (Å²) in [6.07, 6.45) is 0.121. The van der Waals surface area contributed by atoms with Crippen molar-refractivity contribution in [2.24, 2.45) is 0 Å². The van der Waals surface area contributed by atoms with Crippen LogP contribution in [0.4, 0.5) is 0 Å². The van der Waals surface area contributed by atoms with Gasteiger partial charge >= 0.3 is 0 Å². The first-order valence-corrected chi connectivity index (χ1v) is 10.9. The fraction of sp³-hybridized carbons (Fsp3) is 0.684. The predicted molar refractivity (Wildman–Crippen MR) is 112 cm³/mol. The minimum Gasteiger partial charge on any atom is -0.371 e. The molecule has 4 atom stereocenters. The Morgan fingerprint density at radius 1 is 1.10 bits per heavy atom. The maximum Gasteiger partial charge on any atom is 0.294 e. The highest BCUT2D eigenvalue weighted by molar-refractivity contribution is 7.99. The van der Waals surface area contributed by atoms with Gasteiger partial charge in [0.25, 0.3) is 5.09 Å². The lowest BCUT2D eigenvalue weighted by Gasteiger charge is -2.38. The van der Waals surface area contributed by atoms with Crippen LogP contribution in [0.25, 0.3) is 0 Å². The van der Waals surface area contributed by atoms with Gasteiger partial charge in [0.15, 0.2) is 6.10 Å². The van der Waals surface area contributed by atoms with Gasteiger partial charge in [-0.2, -0.15) is 0 Å². The van der Waals surface area contributed by atoms with Crippen LogP contribution in [0.15, 0.2) is 35.2 Å². The third kappa shape index (κ3) is 5.74. The molecule has 162 valence electrons. The van der Waals surface area contributed by atoms with E-state index in [0.717, 1.165) is 38.5 Å². The molecule has 3 saturated heterocycles. The van der Waals surface area contributed by atoms with Crippen LogP contribution in [-0.4, -0.2) is 90.9 Å². The van der Waals surface area contributed by atoms with Crippen LogP contribution < -0.4 is 0 Å². The highest BCUT2D eigenvalue weighted by atomic mass is 35.5. The lowest BCUT2D eigenvalue weighted by molar-refractivity contribution is -0.769. The summed E-state index contributed by atoms with van der Waals surface area (Å²) >= 11 is 1.91. The van der Waals surface area contributed by atoms with Gasteiger partial charge in [0.05, 0.1) is 19.3 Å². The standard InChI is InChI=1S/C19H27N3O5S.ClH/c23-22(24)27-17-14-26-18-16(13-25-19(17)18)21-10-8-20(9-11-21)7-4-12-28-15-5-2-1-3-6-15;/h1-3,5-6,16-19H,4,7-14H2;1H/t16-,17+,18+,19+;/m0./s1. The average Bonchev–Trinajstić information content (AvgIpc) is 3.29. The Hall–Kier alpha value is -1.10. The van der Waals surface area contributed by atoms with Crippen molar-refractivity contribution in [3.05, 3.63) is 40.4 Å². The van der Waals surface area contributed by atoms with Gasteiger partial charge < -0.3 is 19.2 Å². The number of ether oxygens (including phenoxy) is 2. The van der Waals surface area contributed by atoms with Crippen LogP contribution in [0.1, 0.15) is 6.42 Å². The average molecular weight is 446 g/mol. The molecule has 3 heterocycles. The van der Waals surface area contributed by atoms with Crippen molar-refractivity contribution in [3.8, 4) is 0 Å². The van der Waals surface area contributed by atoms with Gasteiger partial charge in [-0.3, -0.25) is 4.90 Å². The molecule has 1 aromatic rings. The van der Waals surface area contributed by atoms with E-state index in [1.165, 1.54) is 11.3 Å². The van der Waals surface area contributed by atoms with Crippen LogP contribution in [0.3, 0.4) is 0 Å². The molecule has 8 nitrogen and oxygen atoms in total. The molecular weight excluding hydrogens is 418 g/mol. The van der Waals surface area contributed by atoms with E-state index in [-0.39, 0.29) is 37.3 Å². The molecule has 0 saturated carbocycles. The van der Waals surface area contributed by atoms with Crippen molar-refractivity contribution in [1.82, 2.24) is 9.80 Å². The SMILES string of the molecule is Cl.O=[N+]([O-])O[C@@H]1CO[C@H]2[C@@H]1OC[C@@H]2N1CCN(CCCSc2ccccc2)CC1. The van der Waals surface area contributed by atoms with E-state index in [4.69, 9.17) is 14.3 Å². The van der Waals surface area contributed by atoms with Gasteiger partial charge in [-0.15, -0.1) is 34.3 Å². The summed E-state index contributed by atoms with van der Waals surface area (Å²) < 4.78 is 11.6. The van der Waals surface area contributed by atoms with Gasteiger partial charge in [-0.05, 0) is 30.9 Å². The van der Waals surface area contributed by atoms with E-state index in [2.05, 4.69) is 34.1 Å². The number of fused-ring (bicyclic) bond motifs is 1. The van der Waals surface area contributed by atoms with Crippen molar-refractivity contribution in [2.75, 3.05) is 51.7 Å². The van der Waals surface area contributed by atoms with Gasteiger partial charge in [0.1, 0.15) is 12.2 Å². The lowest BCUT2D eigenvalue weighted by Crippen LogP contribution is -2.54. The van der Waals surface area contributed by atoms with Crippen molar-refractivity contribution in [2.45, 2.75) is 35.7 Å². The van der Waals surface area contributed by atoms with Gasteiger partial charge in [-0.25, -0.2) is 0 Å². The monoisotopic (exact) mass is 445 g/mol. The topological polar surface area (TPSA) is 77.3 Å². The Bertz CT molecular complexity index is 650. The lowest BCUT2D eigenvalue weighted by atomic mass is 10.1. The molecule has 10 heteroatoms. The molecule has 0 aliphatic carbocycles. The highest BCUT2D eigenvalue weighted by Gasteiger charge is 2.51. The summed E-state index contributed by atoms with van der Waals surface area (Å²) in [6, 6.07) is 10.7. The van der Waals surface area contributed by atoms with Crippen LogP contribution in [-0.2, 0) is 14.3 Å². The summed E-state index contributed by atoms with van der Waals surface area (Å²) in [7, 11) is 0. The number of halogens is 1. The number of benzene rings is 1. The number of thioether (sulfide) groups is 1. The number of hydrogen-bond acceptors (Lipinski definition) is 8. The Labute approximate surface area is 181 Å². The molecule has 0 amide bonds. The zero-order valence-corrected chi connectivity index (χ0v) is 17.9. The maximum absolute atomic E-state index is 10.6. The van der Waals surface area contributed by atoms with Crippen molar-refractivity contribution >= 4 is 24.2 Å². The third-order valence-electron chi connectivity index (χ3n) is 5.71. The molecule has 1 aromatic carbocycles. The minimum absolute atomic E-state index is 0. The van der Waals surface area contributed by atoms with E-state index in [9.17, 15) is 10.1 Å². The Morgan fingerprint density at radius 3 is 2.55 bits per heavy atom. The Morgan fingerprint density at radius 2 is 1.83 bits per heavy atom. The van der Waals surface area contributed by atoms with Crippen LogP contribution in [0.5, 0.6) is 0 Å². The van der Waals surface area contributed by atoms with Crippen molar-refractivity contribution in [3.63, 3.8) is 0 Å². The Balaban J connectivity index is 0.00000240. The Kier molecular flexibility index (Phi) is 8.40. The molecule has 0 N–H and O–H groups in total. The first-order valence-electron chi connectivity index (χ1n) is 9.89. The van der Waals surface area contributed by atoms with E-state index in [0.29, 0.717) is 6.61 Å². The molecule has 3 fully saturated rings. The zero-order chi connectivity index (χ0) is 19.3. The summed E-state index contributed by atoms with van der Waals surface area (Å²) in [6.45, 7) is 5.94. The van der Waals surface area contributed by atoms with Crippen molar-refractivity contribution < 1.29 is 19.4 Å². The fourth-order valence-corrected chi connectivity index (χ4v) is 5.13. The van der Waals surface area contributed by atoms with E-state index in [1.54, 1.807) is 0 Å². The molecule has 0 unspecified atom stereocenters. The zero-order valence-electron chi connectivity index (χ0n) is 16.3. The second-order valence-corrected chi connectivity index (χ2v) is 8.59. The first kappa shape index (κ1) is 22.6. The smallest absolute Gasteiger partial charge is 0.294 e. The number of nitrogens with zero attached hydrogens (tertiary/aromatic N) is 3. The maximum atomic E-state index is 10.6. The van der Waals surface area contributed by atoms with Gasteiger partial charge in [0.2, 0.25) is 0 Å². The molecule has 4 rings (SSSR count). The second-order valence-electron chi connectivity index (χ2n) is 7.42. The second kappa shape index (κ2) is 10.8. The van der Waals surface area contributed by atoms with E-state index in [1.807, 2.05) is 17.8 Å². The molecule has 3 aliphatic heterocycles. The largest absolute Gasteiger partial charge is 0.371 e. The molecular formula is C19H28ClN3O5S. The molecule has 0 spiro atoms. The summed E-state index contributed by atoms with van der Waals surface area (Å²) in [5, 5.41) is 9.86. The third-order valence-corrected chi connectivity index (χ3v) is 6.81. The van der Waals surface area contributed by atoms with Crippen LogP contribution in [0.2, 0.25) is 0 Å². The molecule has 0 radical (unpaired) electrons. The fourth-order valence-electron chi connectivity index (χ4n) is 4.27. The normalized spacial score (nSPS) is 29.9. The number of rotatable bonds is 8. The molecule has 29 heavy (non-hydrogen) atoms. The number of hydrogen-bond donors (Lipinski definition) is 0. The van der Waals surface area contributed by atoms with E-state index < -0.39 is 11.2 Å². The minimum atomic E-state index is -0.748.